The summed E-state index contributed by atoms with van der Waals surface area (Å²) in [6.07, 6.45) is 0.450. The van der Waals surface area contributed by atoms with Gasteiger partial charge >= 0.3 is 0 Å². The van der Waals surface area contributed by atoms with Crippen molar-refractivity contribution in [2.24, 2.45) is 0 Å². The summed E-state index contributed by atoms with van der Waals surface area (Å²) in [5.74, 6) is 1.02. The van der Waals surface area contributed by atoms with E-state index in [0.717, 1.165) is 22.5 Å². The largest absolute Gasteiger partial charge is 0.342 e. The van der Waals surface area contributed by atoms with Gasteiger partial charge in [-0.3, -0.25) is 4.79 Å². The van der Waals surface area contributed by atoms with Crippen LogP contribution in [0.5, 0.6) is 0 Å². The first-order valence-corrected chi connectivity index (χ1v) is 8.99. The summed E-state index contributed by atoms with van der Waals surface area (Å²) >= 11 is 6.07. The highest BCUT2D eigenvalue weighted by Crippen LogP contribution is 2.33. The number of benzene rings is 3. The van der Waals surface area contributed by atoms with Crippen LogP contribution in [0.4, 0.5) is 5.69 Å². The number of nitrogens with one attached hydrogen (secondary N) is 1. The topological polar surface area (TPSA) is 49.0 Å². The van der Waals surface area contributed by atoms with Crippen molar-refractivity contribution in [3.05, 3.63) is 71.5 Å². The highest BCUT2D eigenvalue weighted by molar-refractivity contribution is 6.30. The van der Waals surface area contributed by atoms with Gasteiger partial charge in [-0.2, -0.15) is 0 Å². The fourth-order valence-electron chi connectivity index (χ4n) is 3.69. The van der Waals surface area contributed by atoms with Crippen LogP contribution in [0, 0.1) is 0 Å². The summed E-state index contributed by atoms with van der Waals surface area (Å²) in [4.78, 5) is 22.5. The molecule has 1 N–H and O–H groups in total. The smallest absolute Gasteiger partial charge is 0.227 e. The minimum absolute atomic E-state index is 0.0528. The number of hydrogen-bond donors (Lipinski definition) is 1. The van der Waals surface area contributed by atoms with Crippen LogP contribution in [0.3, 0.4) is 0 Å². The zero-order valence-corrected chi connectivity index (χ0v) is 14.7. The molecule has 1 aromatic heterocycles. The van der Waals surface area contributed by atoms with E-state index in [2.05, 4.69) is 29.2 Å². The molecular weight excluding hydrogens is 346 g/mol. The number of hydrogen-bond acceptors (Lipinski definition) is 2. The molecule has 4 aromatic rings. The second kappa shape index (κ2) is 5.85. The Hall–Kier alpha value is -2.85. The van der Waals surface area contributed by atoms with Gasteiger partial charge in [-0.1, -0.05) is 41.9 Å². The third-order valence-corrected chi connectivity index (χ3v) is 5.23. The van der Waals surface area contributed by atoms with Gasteiger partial charge in [0, 0.05) is 29.6 Å². The Balaban J connectivity index is 1.50. The van der Waals surface area contributed by atoms with Crippen LogP contribution in [0.1, 0.15) is 18.2 Å². The third-order valence-electron chi connectivity index (χ3n) is 5.00. The van der Waals surface area contributed by atoms with Crippen LogP contribution >= 0.6 is 11.6 Å². The number of amides is 1. The minimum Gasteiger partial charge on any atom is -0.342 e. The quantitative estimate of drug-likeness (QED) is 0.552. The molecule has 26 heavy (non-hydrogen) atoms. The Morgan fingerprint density at radius 2 is 1.85 bits per heavy atom. The number of H-pyrrole nitrogens is 1. The molecule has 0 spiro atoms. The lowest BCUT2D eigenvalue weighted by Crippen LogP contribution is -2.24. The van der Waals surface area contributed by atoms with Crippen molar-refractivity contribution in [2.75, 3.05) is 11.4 Å². The lowest BCUT2D eigenvalue weighted by atomic mass is 10.1. The fraction of sp³-hybridized carbons (Fsp3) is 0.143. The molecule has 1 saturated heterocycles. The molecule has 2 heterocycles. The highest BCUT2D eigenvalue weighted by Gasteiger charge is 2.33. The second-order valence-electron chi connectivity index (χ2n) is 6.72. The SMILES string of the molecule is O=C1CC(c2nc3cc4ccccc4cc3[nH]2)CN1c1cccc(Cl)c1. The number of aromatic nitrogens is 2. The Morgan fingerprint density at radius 1 is 1.04 bits per heavy atom. The van der Waals surface area contributed by atoms with Crippen molar-refractivity contribution >= 4 is 45.0 Å². The predicted octanol–water partition coefficient (Wildman–Crippen LogP) is 4.89. The van der Waals surface area contributed by atoms with Crippen molar-refractivity contribution < 1.29 is 4.79 Å². The summed E-state index contributed by atoms with van der Waals surface area (Å²) in [6.45, 7) is 0.610. The maximum atomic E-state index is 12.5. The minimum atomic E-state index is 0.0528. The van der Waals surface area contributed by atoms with Gasteiger partial charge in [-0.05, 0) is 41.1 Å². The molecule has 3 aromatic carbocycles. The molecule has 0 aliphatic carbocycles. The normalized spacial score (nSPS) is 17.5. The van der Waals surface area contributed by atoms with Crippen LogP contribution in [0.25, 0.3) is 21.8 Å². The Bertz CT molecular complexity index is 1100. The highest BCUT2D eigenvalue weighted by atomic mass is 35.5. The van der Waals surface area contributed by atoms with Gasteiger partial charge in [0.15, 0.2) is 0 Å². The summed E-state index contributed by atoms with van der Waals surface area (Å²) < 4.78 is 0. The van der Waals surface area contributed by atoms with Gasteiger partial charge in [-0.15, -0.1) is 0 Å². The molecule has 1 fully saturated rings. The van der Waals surface area contributed by atoms with E-state index in [-0.39, 0.29) is 11.8 Å². The van der Waals surface area contributed by atoms with E-state index < -0.39 is 0 Å². The number of nitrogens with zero attached hydrogens (tertiary/aromatic N) is 2. The van der Waals surface area contributed by atoms with E-state index in [9.17, 15) is 4.79 Å². The van der Waals surface area contributed by atoms with E-state index in [4.69, 9.17) is 16.6 Å². The van der Waals surface area contributed by atoms with Crippen molar-refractivity contribution in [1.82, 2.24) is 9.97 Å². The van der Waals surface area contributed by atoms with Crippen LogP contribution in [-0.4, -0.2) is 22.4 Å². The van der Waals surface area contributed by atoms with Gasteiger partial charge < -0.3 is 9.88 Å². The number of carbonyl (C=O) groups is 1. The summed E-state index contributed by atoms with van der Waals surface area (Å²) in [7, 11) is 0. The third kappa shape index (κ3) is 2.54. The first kappa shape index (κ1) is 15.4. The molecule has 5 rings (SSSR count). The van der Waals surface area contributed by atoms with E-state index >= 15 is 0 Å². The van der Waals surface area contributed by atoms with Gasteiger partial charge in [0.05, 0.1) is 11.0 Å². The molecule has 128 valence electrons. The first-order valence-electron chi connectivity index (χ1n) is 8.62. The number of rotatable bonds is 2. The first-order chi connectivity index (χ1) is 12.7. The lowest BCUT2D eigenvalue weighted by molar-refractivity contribution is -0.117. The Labute approximate surface area is 155 Å². The predicted molar refractivity (Wildman–Crippen MR) is 105 cm³/mol. The number of imidazole rings is 1. The van der Waals surface area contributed by atoms with E-state index in [1.165, 1.54) is 10.8 Å². The molecule has 0 radical (unpaired) electrons. The van der Waals surface area contributed by atoms with E-state index in [0.29, 0.717) is 18.0 Å². The molecule has 4 nitrogen and oxygen atoms in total. The molecule has 1 amide bonds. The molecule has 1 atom stereocenters. The standard InChI is InChI=1S/C21H16ClN3O/c22-16-6-3-7-17(11-16)25-12-15(10-20(25)26)21-23-18-8-13-4-1-2-5-14(13)9-19(18)24-21/h1-9,11,15H,10,12H2,(H,23,24). The monoisotopic (exact) mass is 361 g/mol. The maximum Gasteiger partial charge on any atom is 0.227 e. The van der Waals surface area contributed by atoms with Crippen LogP contribution < -0.4 is 4.90 Å². The van der Waals surface area contributed by atoms with Crippen LogP contribution in [0.15, 0.2) is 60.7 Å². The Kier molecular flexibility index (Phi) is 3.47. The average Bonchev–Trinajstić information content (AvgIpc) is 3.22. The number of fused-ring (bicyclic) bond motifs is 2. The van der Waals surface area contributed by atoms with Gasteiger partial charge in [0.25, 0.3) is 0 Å². The number of anilines is 1. The van der Waals surface area contributed by atoms with Crippen molar-refractivity contribution in [3.63, 3.8) is 0 Å². The number of halogens is 1. The molecule has 5 heteroatoms. The zero-order chi connectivity index (χ0) is 17.7. The number of aromatic amines is 1. The van der Waals surface area contributed by atoms with Crippen molar-refractivity contribution in [1.29, 1.82) is 0 Å². The number of carbonyl (C=O) groups excluding carboxylic acids is 1. The lowest BCUT2D eigenvalue weighted by Gasteiger charge is -2.16. The zero-order valence-electron chi connectivity index (χ0n) is 13.9. The van der Waals surface area contributed by atoms with E-state index in [1.807, 2.05) is 36.4 Å². The van der Waals surface area contributed by atoms with Gasteiger partial charge in [0.2, 0.25) is 5.91 Å². The van der Waals surface area contributed by atoms with E-state index in [1.54, 1.807) is 4.90 Å². The summed E-state index contributed by atoms with van der Waals surface area (Å²) in [5, 5.41) is 2.98. The molecular formula is C21H16ClN3O. The molecule has 1 unspecified atom stereocenters. The van der Waals surface area contributed by atoms with Crippen molar-refractivity contribution in [3.8, 4) is 0 Å². The van der Waals surface area contributed by atoms with Gasteiger partial charge in [0.1, 0.15) is 5.82 Å². The average molecular weight is 362 g/mol. The summed E-state index contributed by atoms with van der Waals surface area (Å²) in [5.41, 5.74) is 2.78. The second-order valence-corrected chi connectivity index (χ2v) is 7.16. The van der Waals surface area contributed by atoms with Crippen LogP contribution in [0.2, 0.25) is 5.02 Å². The van der Waals surface area contributed by atoms with Gasteiger partial charge in [-0.25, -0.2) is 4.98 Å². The molecule has 0 saturated carbocycles. The molecule has 1 aliphatic heterocycles. The maximum absolute atomic E-state index is 12.5. The Morgan fingerprint density at radius 3 is 2.65 bits per heavy atom. The summed E-state index contributed by atoms with van der Waals surface area (Å²) in [6, 6.07) is 19.9. The van der Waals surface area contributed by atoms with Crippen molar-refractivity contribution in [2.45, 2.75) is 12.3 Å². The molecule has 0 bridgehead atoms. The van der Waals surface area contributed by atoms with Crippen LogP contribution in [-0.2, 0) is 4.79 Å². The fourth-order valence-corrected chi connectivity index (χ4v) is 3.88. The molecule has 1 aliphatic rings.